The van der Waals surface area contributed by atoms with E-state index in [1.54, 1.807) is 24.2 Å². The molecule has 2 aromatic rings. The second-order valence-corrected chi connectivity index (χ2v) is 4.08. The number of hydrogen-bond acceptors (Lipinski definition) is 4. The number of benzene rings is 1. The van der Waals surface area contributed by atoms with Crippen molar-refractivity contribution >= 4 is 0 Å². The Morgan fingerprint density at radius 1 is 1.39 bits per heavy atom. The SMILES string of the molecule is COc1ccccc1-n1cc(OCC(C)N)cn1. The van der Waals surface area contributed by atoms with Crippen molar-refractivity contribution in [1.82, 2.24) is 9.78 Å². The van der Waals surface area contributed by atoms with Crippen LogP contribution in [0.4, 0.5) is 0 Å². The monoisotopic (exact) mass is 247 g/mol. The Balaban J connectivity index is 2.18. The molecule has 0 saturated heterocycles. The third kappa shape index (κ3) is 2.81. The Bertz CT molecular complexity index is 508. The predicted molar refractivity (Wildman–Crippen MR) is 69.3 cm³/mol. The van der Waals surface area contributed by atoms with Crippen LogP contribution in [-0.4, -0.2) is 29.5 Å². The quantitative estimate of drug-likeness (QED) is 0.871. The zero-order valence-corrected chi connectivity index (χ0v) is 10.5. The van der Waals surface area contributed by atoms with Crippen LogP contribution >= 0.6 is 0 Å². The van der Waals surface area contributed by atoms with Gasteiger partial charge in [-0.25, -0.2) is 4.68 Å². The third-order valence-electron chi connectivity index (χ3n) is 2.40. The fourth-order valence-corrected chi connectivity index (χ4v) is 1.56. The van der Waals surface area contributed by atoms with Gasteiger partial charge in [-0.15, -0.1) is 0 Å². The lowest BCUT2D eigenvalue weighted by molar-refractivity contribution is 0.296. The molecule has 5 heteroatoms. The molecule has 0 spiro atoms. The average Bonchev–Trinajstić information content (AvgIpc) is 2.85. The summed E-state index contributed by atoms with van der Waals surface area (Å²) in [6.45, 7) is 2.36. The van der Waals surface area contributed by atoms with Crippen LogP contribution in [0.25, 0.3) is 5.69 Å². The van der Waals surface area contributed by atoms with Gasteiger partial charge in [0.2, 0.25) is 0 Å². The van der Waals surface area contributed by atoms with Crippen LogP contribution in [0.5, 0.6) is 11.5 Å². The average molecular weight is 247 g/mol. The Morgan fingerprint density at radius 3 is 2.89 bits per heavy atom. The first kappa shape index (κ1) is 12.4. The molecule has 0 aliphatic rings. The molecule has 1 aromatic heterocycles. The van der Waals surface area contributed by atoms with Gasteiger partial charge in [0, 0.05) is 6.04 Å². The Labute approximate surface area is 106 Å². The van der Waals surface area contributed by atoms with Crippen molar-refractivity contribution in [3.8, 4) is 17.2 Å². The fraction of sp³-hybridized carbons (Fsp3) is 0.308. The fourth-order valence-electron chi connectivity index (χ4n) is 1.56. The molecule has 1 unspecified atom stereocenters. The summed E-state index contributed by atoms with van der Waals surface area (Å²) in [5.41, 5.74) is 6.50. The maximum Gasteiger partial charge on any atom is 0.157 e. The molecule has 0 fully saturated rings. The van der Waals surface area contributed by atoms with Gasteiger partial charge in [-0.2, -0.15) is 5.10 Å². The van der Waals surface area contributed by atoms with Crippen molar-refractivity contribution in [2.24, 2.45) is 5.73 Å². The number of para-hydroxylation sites is 2. The molecule has 5 nitrogen and oxygen atoms in total. The second kappa shape index (κ2) is 5.55. The zero-order chi connectivity index (χ0) is 13.0. The minimum atomic E-state index is -0.000360. The highest BCUT2D eigenvalue weighted by molar-refractivity contribution is 5.46. The predicted octanol–water partition coefficient (Wildman–Crippen LogP) is 1.61. The van der Waals surface area contributed by atoms with E-state index in [1.165, 1.54) is 0 Å². The number of methoxy groups -OCH3 is 1. The van der Waals surface area contributed by atoms with Gasteiger partial charge in [-0.3, -0.25) is 0 Å². The molecule has 0 radical (unpaired) electrons. The van der Waals surface area contributed by atoms with E-state index in [1.807, 2.05) is 31.2 Å². The van der Waals surface area contributed by atoms with Gasteiger partial charge < -0.3 is 15.2 Å². The minimum absolute atomic E-state index is 0.000360. The molecule has 0 aliphatic heterocycles. The summed E-state index contributed by atoms with van der Waals surface area (Å²) < 4.78 is 12.5. The molecule has 2 rings (SSSR count). The van der Waals surface area contributed by atoms with Gasteiger partial charge in [0.25, 0.3) is 0 Å². The van der Waals surface area contributed by atoms with Crippen LogP contribution in [-0.2, 0) is 0 Å². The standard InChI is InChI=1S/C13H17N3O2/c1-10(14)9-18-11-7-15-16(8-11)12-5-3-4-6-13(12)17-2/h3-8,10H,9,14H2,1-2H3. The highest BCUT2D eigenvalue weighted by Crippen LogP contribution is 2.23. The van der Waals surface area contributed by atoms with Gasteiger partial charge in [-0.1, -0.05) is 12.1 Å². The van der Waals surface area contributed by atoms with Crippen molar-refractivity contribution < 1.29 is 9.47 Å². The first-order chi connectivity index (χ1) is 8.70. The lowest BCUT2D eigenvalue weighted by Gasteiger charge is -2.07. The maximum atomic E-state index is 5.63. The maximum absolute atomic E-state index is 5.63. The van der Waals surface area contributed by atoms with E-state index in [-0.39, 0.29) is 6.04 Å². The first-order valence-electron chi connectivity index (χ1n) is 5.77. The van der Waals surface area contributed by atoms with Crippen molar-refractivity contribution in [2.45, 2.75) is 13.0 Å². The van der Waals surface area contributed by atoms with Crippen molar-refractivity contribution in [1.29, 1.82) is 0 Å². The Kier molecular flexibility index (Phi) is 3.84. The van der Waals surface area contributed by atoms with Crippen molar-refractivity contribution in [2.75, 3.05) is 13.7 Å². The molecule has 1 aromatic carbocycles. The Hall–Kier alpha value is -2.01. The molecule has 0 saturated carbocycles. The number of rotatable bonds is 5. The van der Waals surface area contributed by atoms with Crippen LogP contribution in [0.3, 0.4) is 0 Å². The van der Waals surface area contributed by atoms with Gasteiger partial charge in [0.1, 0.15) is 18.0 Å². The van der Waals surface area contributed by atoms with Crippen LogP contribution in [0.2, 0.25) is 0 Å². The van der Waals surface area contributed by atoms with Gasteiger partial charge in [0.05, 0.1) is 19.5 Å². The third-order valence-corrected chi connectivity index (χ3v) is 2.40. The minimum Gasteiger partial charge on any atom is -0.494 e. The first-order valence-corrected chi connectivity index (χ1v) is 5.77. The van der Waals surface area contributed by atoms with Crippen LogP contribution in [0.15, 0.2) is 36.7 Å². The van der Waals surface area contributed by atoms with E-state index in [0.29, 0.717) is 12.4 Å². The number of nitrogens with zero attached hydrogens (tertiary/aromatic N) is 2. The number of ether oxygens (including phenoxy) is 2. The smallest absolute Gasteiger partial charge is 0.157 e. The normalized spacial score (nSPS) is 12.2. The second-order valence-electron chi connectivity index (χ2n) is 4.08. The van der Waals surface area contributed by atoms with E-state index in [2.05, 4.69) is 5.10 Å². The summed E-state index contributed by atoms with van der Waals surface area (Å²) in [4.78, 5) is 0. The lowest BCUT2D eigenvalue weighted by atomic mass is 10.3. The lowest BCUT2D eigenvalue weighted by Crippen LogP contribution is -2.23. The van der Waals surface area contributed by atoms with Gasteiger partial charge >= 0.3 is 0 Å². The molecule has 0 amide bonds. The molecule has 18 heavy (non-hydrogen) atoms. The molecule has 1 heterocycles. The number of hydrogen-bond donors (Lipinski definition) is 1. The number of aromatic nitrogens is 2. The van der Waals surface area contributed by atoms with Gasteiger partial charge in [0.15, 0.2) is 5.75 Å². The van der Waals surface area contributed by atoms with Crippen molar-refractivity contribution in [3.63, 3.8) is 0 Å². The van der Waals surface area contributed by atoms with Crippen LogP contribution < -0.4 is 15.2 Å². The summed E-state index contributed by atoms with van der Waals surface area (Å²) in [6, 6.07) is 7.67. The summed E-state index contributed by atoms with van der Waals surface area (Å²) in [5, 5.41) is 4.24. The molecule has 96 valence electrons. The summed E-state index contributed by atoms with van der Waals surface area (Å²) >= 11 is 0. The van der Waals surface area contributed by atoms with Crippen LogP contribution in [0.1, 0.15) is 6.92 Å². The van der Waals surface area contributed by atoms with Crippen LogP contribution in [0, 0.1) is 0 Å². The van der Waals surface area contributed by atoms with E-state index < -0.39 is 0 Å². The zero-order valence-electron chi connectivity index (χ0n) is 10.5. The number of nitrogens with two attached hydrogens (primary N) is 1. The highest BCUT2D eigenvalue weighted by Gasteiger charge is 2.07. The molecular weight excluding hydrogens is 230 g/mol. The summed E-state index contributed by atoms with van der Waals surface area (Å²) in [5.74, 6) is 1.46. The molecule has 2 N–H and O–H groups in total. The largest absolute Gasteiger partial charge is 0.494 e. The topological polar surface area (TPSA) is 62.3 Å². The van der Waals surface area contributed by atoms with E-state index in [9.17, 15) is 0 Å². The van der Waals surface area contributed by atoms with E-state index >= 15 is 0 Å². The van der Waals surface area contributed by atoms with Gasteiger partial charge in [-0.05, 0) is 19.1 Å². The molecular formula is C13H17N3O2. The Morgan fingerprint density at radius 2 is 2.17 bits per heavy atom. The van der Waals surface area contributed by atoms with E-state index in [4.69, 9.17) is 15.2 Å². The molecule has 0 aliphatic carbocycles. The van der Waals surface area contributed by atoms with Crippen molar-refractivity contribution in [3.05, 3.63) is 36.7 Å². The highest BCUT2D eigenvalue weighted by atomic mass is 16.5. The van der Waals surface area contributed by atoms with E-state index in [0.717, 1.165) is 11.4 Å². The summed E-state index contributed by atoms with van der Waals surface area (Å²) in [6.07, 6.45) is 3.47. The molecule has 1 atom stereocenters. The summed E-state index contributed by atoms with van der Waals surface area (Å²) in [7, 11) is 1.63. The molecule has 0 bridgehead atoms.